The second-order valence-corrected chi connectivity index (χ2v) is 7.96. The summed E-state index contributed by atoms with van der Waals surface area (Å²) in [6.45, 7) is 6.16. The van der Waals surface area contributed by atoms with Gasteiger partial charge in [0.2, 0.25) is 0 Å². The van der Waals surface area contributed by atoms with Gasteiger partial charge in [0.05, 0.1) is 0 Å². The maximum absolute atomic E-state index is 12.2. The number of aryl methyl sites for hydroxylation is 2. The van der Waals surface area contributed by atoms with Crippen LogP contribution in [0.2, 0.25) is 10.0 Å². The molecule has 1 N–H and O–H groups in total. The van der Waals surface area contributed by atoms with Gasteiger partial charge >= 0.3 is 0 Å². The van der Waals surface area contributed by atoms with Gasteiger partial charge in [-0.25, -0.2) is 0 Å². The fourth-order valence-corrected chi connectivity index (χ4v) is 3.67. The van der Waals surface area contributed by atoms with Crippen molar-refractivity contribution in [1.29, 1.82) is 0 Å². The standard InChI is InChI=1S/C20H23Cl2NO2S/c1-13-10-17(11-14(2)19(13)22)25-15(3)20(24)23-8-9-26-12-16-6-4-5-7-18(16)21/h4-7,10-11,15H,8-9,12H2,1-3H3,(H,23,24)/t15-/m0/s1. The molecule has 2 aromatic carbocycles. The van der Waals surface area contributed by atoms with Gasteiger partial charge in [-0.2, -0.15) is 11.8 Å². The molecule has 26 heavy (non-hydrogen) atoms. The first-order chi connectivity index (χ1) is 12.4. The molecule has 0 aliphatic heterocycles. The third-order valence-corrected chi connectivity index (χ3v) is 5.83. The van der Waals surface area contributed by atoms with Crippen molar-refractivity contribution in [1.82, 2.24) is 5.32 Å². The van der Waals surface area contributed by atoms with E-state index in [0.717, 1.165) is 38.2 Å². The van der Waals surface area contributed by atoms with Crippen LogP contribution >= 0.6 is 35.0 Å². The van der Waals surface area contributed by atoms with Crippen LogP contribution in [0.4, 0.5) is 0 Å². The molecule has 0 aliphatic carbocycles. The molecule has 2 aromatic rings. The number of hydrogen-bond acceptors (Lipinski definition) is 3. The van der Waals surface area contributed by atoms with Crippen LogP contribution in [0.25, 0.3) is 0 Å². The van der Waals surface area contributed by atoms with E-state index < -0.39 is 6.10 Å². The van der Waals surface area contributed by atoms with Crippen LogP contribution in [0.15, 0.2) is 36.4 Å². The summed E-state index contributed by atoms with van der Waals surface area (Å²) in [4.78, 5) is 12.2. The van der Waals surface area contributed by atoms with Gasteiger partial charge in [0, 0.05) is 28.1 Å². The van der Waals surface area contributed by atoms with Crippen molar-refractivity contribution in [3.8, 4) is 5.75 Å². The molecule has 0 heterocycles. The predicted molar refractivity (Wildman–Crippen MR) is 112 cm³/mol. The molecule has 140 valence electrons. The van der Waals surface area contributed by atoms with Crippen LogP contribution in [0.3, 0.4) is 0 Å². The van der Waals surface area contributed by atoms with Crippen molar-refractivity contribution in [2.75, 3.05) is 12.3 Å². The Hall–Kier alpha value is -1.36. The maximum atomic E-state index is 12.2. The molecule has 2 rings (SSSR count). The third-order valence-electron chi connectivity index (χ3n) is 3.85. The number of nitrogens with one attached hydrogen (secondary N) is 1. The Labute approximate surface area is 169 Å². The summed E-state index contributed by atoms with van der Waals surface area (Å²) in [6, 6.07) is 11.5. The van der Waals surface area contributed by atoms with Crippen molar-refractivity contribution in [3.05, 3.63) is 63.1 Å². The maximum Gasteiger partial charge on any atom is 0.260 e. The highest BCUT2D eigenvalue weighted by atomic mass is 35.5. The molecule has 0 bridgehead atoms. The van der Waals surface area contributed by atoms with Gasteiger partial charge in [-0.1, -0.05) is 41.4 Å². The van der Waals surface area contributed by atoms with Crippen LogP contribution in [0, 0.1) is 13.8 Å². The fourth-order valence-electron chi connectivity index (χ4n) is 2.42. The number of carbonyl (C=O) groups excluding carboxylic acids is 1. The number of thioether (sulfide) groups is 1. The van der Waals surface area contributed by atoms with E-state index in [0.29, 0.717) is 12.3 Å². The number of amides is 1. The fraction of sp³-hybridized carbons (Fsp3) is 0.350. The summed E-state index contributed by atoms with van der Waals surface area (Å²) in [5, 5.41) is 4.40. The lowest BCUT2D eigenvalue weighted by Crippen LogP contribution is -2.37. The predicted octanol–water partition coefficient (Wildman–Crippen LogP) is 5.43. The molecule has 0 saturated heterocycles. The van der Waals surface area contributed by atoms with E-state index in [9.17, 15) is 4.79 Å². The van der Waals surface area contributed by atoms with Gasteiger partial charge in [-0.3, -0.25) is 4.79 Å². The molecular weight excluding hydrogens is 389 g/mol. The van der Waals surface area contributed by atoms with Crippen LogP contribution in [0.1, 0.15) is 23.6 Å². The quantitative estimate of drug-likeness (QED) is 0.588. The van der Waals surface area contributed by atoms with Crippen molar-refractivity contribution < 1.29 is 9.53 Å². The van der Waals surface area contributed by atoms with Gasteiger partial charge in [0.25, 0.3) is 5.91 Å². The van der Waals surface area contributed by atoms with Crippen LogP contribution in [-0.2, 0) is 10.5 Å². The second kappa shape index (κ2) is 10.1. The minimum Gasteiger partial charge on any atom is -0.481 e. The minimum absolute atomic E-state index is 0.131. The van der Waals surface area contributed by atoms with E-state index in [2.05, 4.69) is 5.32 Å². The van der Waals surface area contributed by atoms with Gasteiger partial charge in [-0.05, 0) is 55.7 Å². The van der Waals surface area contributed by atoms with Crippen molar-refractivity contribution in [3.63, 3.8) is 0 Å². The number of rotatable bonds is 8. The van der Waals surface area contributed by atoms with Gasteiger partial charge < -0.3 is 10.1 Å². The largest absolute Gasteiger partial charge is 0.481 e. The molecule has 1 atom stereocenters. The zero-order chi connectivity index (χ0) is 19.1. The Morgan fingerprint density at radius 3 is 2.50 bits per heavy atom. The van der Waals surface area contributed by atoms with Gasteiger partial charge in [-0.15, -0.1) is 0 Å². The second-order valence-electron chi connectivity index (χ2n) is 6.07. The minimum atomic E-state index is -0.566. The number of ether oxygens (including phenoxy) is 1. The molecule has 0 unspecified atom stereocenters. The summed E-state index contributed by atoms with van der Waals surface area (Å²) in [5.41, 5.74) is 2.98. The van der Waals surface area contributed by atoms with Crippen LogP contribution in [-0.4, -0.2) is 24.3 Å². The lowest BCUT2D eigenvalue weighted by Gasteiger charge is -2.16. The van der Waals surface area contributed by atoms with Gasteiger partial charge in [0.15, 0.2) is 6.10 Å². The Balaban J connectivity index is 1.73. The van der Waals surface area contributed by atoms with E-state index >= 15 is 0 Å². The molecule has 0 spiro atoms. The SMILES string of the molecule is Cc1cc(O[C@@H](C)C(=O)NCCSCc2ccccc2Cl)cc(C)c1Cl. The smallest absolute Gasteiger partial charge is 0.260 e. The van der Waals surface area contributed by atoms with E-state index in [-0.39, 0.29) is 5.91 Å². The zero-order valence-electron chi connectivity index (χ0n) is 15.1. The summed E-state index contributed by atoms with van der Waals surface area (Å²) in [7, 11) is 0. The van der Waals surface area contributed by atoms with Crippen LogP contribution in [0.5, 0.6) is 5.75 Å². The number of carbonyl (C=O) groups is 1. The zero-order valence-corrected chi connectivity index (χ0v) is 17.5. The molecular formula is C20H23Cl2NO2S. The molecule has 0 saturated carbocycles. The molecule has 0 aliphatic rings. The summed E-state index contributed by atoms with van der Waals surface area (Å²) < 4.78 is 5.74. The van der Waals surface area contributed by atoms with Crippen molar-refractivity contribution in [2.45, 2.75) is 32.6 Å². The van der Waals surface area contributed by atoms with Gasteiger partial charge in [0.1, 0.15) is 5.75 Å². The van der Waals surface area contributed by atoms with Crippen LogP contribution < -0.4 is 10.1 Å². The Morgan fingerprint density at radius 2 is 1.85 bits per heavy atom. The van der Waals surface area contributed by atoms with Crippen molar-refractivity contribution >= 4 is 40.9 Å². The molecule has 3 nitrogen and oxygen atoms in total. The Kier molecular flexibility index (Phi) is 8.14. The average Bonchev–Trinajstić information content (AvgIpc) is 2.60. The van der Waals surface area contributed by atoms with E-state index in [1.54, 1.807) is 18.7 Å². The molecule has 0 radical (unpaired) electrons. The monoisotopic (exact) mass is 411 g/mol. The lowest BCUT2D eigenvalue weighted by atomic mass is 10.1. The first-order valence-corrected chi connectivity index (χ1v) is 10.3. The summed E-state index contributed by atoms with van der Waals surface area (Å²) in [5.74, 6) is 2.15. The highest BCUT2D eigenvalue weighted by Gasteiger charge is 2.15. The average molecular weight is 412 g/mol. The molecule has 6 heteroatoms. The van der Waals surface area contributed by atoms with E-state index in [1.807, 2.05) is 50.2 Å². The highest BCUT2D eigenvalue weighted by molar-refractivity contribution is 7.98. The lowest BCUT2D eigenvalue weighted by molar-refractivity contribution is -0.127. The van der Waals surface area contributed by atoms with E-state index in [1.165, 1.54) is 0 Å². The first-order valence-electron chi connectivity index (χ1n) is 8.40. The molecule has 0 aromatic heterocycles. The number of benzene rings is 2. The Morgan fingerprint density at radius 1 is 1.19 bits per heavy atom. The summed E-state index contributed by atoms with van der Waals surface area (Å²) >= 11 is 14.0. The Bertz CT molecular complexity index is 744. The third kappa shape index (κ3) is 6.11. The van der Waals surface area contributed by atoms with E-state index in [4.69, 9.17) is 27.9 Å². The first kappa shape index (κ1) is 20.9. The molecule has 0 fully saturated rings. The topological polar surface area (TPSA) is 38.3 Å². The summed E-state index contributed by atoms with van der Waals surface area (Å²) in [6.07, 6.45) is -0.566. The normalized spacial score (nSPS) is 11.9. The number of halogens is 2. The number of hydrogen-bond donors (Lipinski definition) is 1. The van der Waals surface area contributed by atoms with Crippen molar-refractivity contribution in [2.24, 2.45) is 0 Å². The molecule has 1 amide bonds. The highest BCUT2D eigenvalue weighted by Crippen LogP contribution is 2.26.